The largest absolute Gasteiger partial charge is 0.351 e. The number of benzene rings is 2. The maximum atomic E-state index is 13.4. The predicted octanol–water partition coefficient (Wildman–Crippen LogP) is 1.67. The molecule has 5 nitrogen and oxygen atoms in total. The standard InChI is InChI=1S/C15H14F2N2O3S/c16-11-6-7-13(14(17)10-11)15(20)18-8-9-19-23(21,22)12-4-2-1-3-5-12/h1-7,10,19H,8-9H2,(H,18,20). The molecule has 2 aromatic carbocycles. The lowest BCUT2D eigenvalue weighted by Gasteiger charge is -2.08. The normalized spacial score (nSPS) is 11.2. The van der Waals surface area contributed by atoms with Gasteiger partial charge in [-0.3, -0.25) is 4.79 Å². The van der Waals surface area contributed by atoms with Gasteiger partial charge in [-0.2, -0.15) is 0 Å². The van der Waals surface area contributed by atoms with E-state index >= 15 is 0 Å². The van der Waals surface area contributed by atoms with Gasteiger partial charge in [0.2, 0.25) is 10.0 Å². The van der Waals surface area contributed by atoms with E-state index in [4.69, 9.17) is 0 Å². The number of halogens is 2. The zero-order chi connectivity index (χ0) is 16.9. The highest BCUT2D eigenvalue weighted by atomic mass is 32.2. The zero-order valence-corrected chi connectivity index (χ0v) is 12.7. The minimum Gasteiger partial charge on any atom is -0.351 e. The van der Waals surface area contributed by atoms with Crippen LogP contribution in [0.5, 0.6) is 0 Å². The quantitative estimate of drug-likeness (QED) is 0.786. The first-order valence-electron chi connectivity index (χ1n) is 6.68. The predicted molar refractivity (Wildman–Crippen MR) is 80.3 cm³/mol. The summed E-state index contributed by atoms with van der Waals surface area (Å²) in [5.74, 6) is -2.51. The molecule has 0 aliphatic heterocycles. The minimum absolute atomic E-state index is 0.0400. The van der Waals surface area contributed by atoms with Crippen molar-refractivity contribution in [2.75, 3.05) is 13.1 Å². The van der Waals surface area contributed by atoms with Crippen LogP contribution in [0.25, 0.3) is 0 Å². The van der Waals surface area contributed by atoms with Crippen molar-refractivity contribution >= 4 is 15.9 Å². The molecule has 2 N–H and O–H groups in total. The Hall–Kier alpha value is -2.32. The van der Waals surface area contributed by atoms with Crippen LogP contribution in [-0.2, 0) is 10.0 Å². The van der Waals surface area contributed by atoms with Crippen molar-refractivity contribution in [2.45, 2.75) is 4.90 Å². The molecule has 2 aromatic rings. The van der Waals surface area contributed by atoms with Gasteiger partial charge >= 0.3 is 0 Å². The third-order valence-corrected chi connectivity index (χ3v) is 4.41. The monoisotopic (exact) mass is 340 g/mol. The summed E-state index contributed by atoms with van der Waals surface area (Å²) in [7, 11) is -3.66. The van der Waals surface area contributed by atoms with Gasteiger partial charge in [-0.05, 0) is 24.3 Å². The molecule has 0 fully saturated rings. The summed E-state index contributed by atoms with van der Waals surface area (Å²) < 4.78 is 52.3. The summed E-state index contributed by atoms with van der Waals surface area (Å²) in [5, 5.41) is 2.35. The van der Waals surface area contributed by atoms with E-state index in [9.17, 15) is 22.0 Å². The van der Waals surface area contributed by atoms with Gasteiger partial charge in [0.15, 0.2) is 0 Å². The molecular formula is C15H14F2N2O3S. The number of hydrogen-bond donors (Lipinski definition) is 2. The molecule has 0 unspecified atom stereocenters. The summed E-state index contributed by atoms with van der Waals surface area (Å²) in [4.78, 5) is 11.8. The Morgan fingerprint density at radius 3 is 2.35 bits per heavy atom. The Labute approximate surface area is 132 Å². The molecule has 0 bridgehead atoms. The van der Waals surface area contributed by atoms with Gasteiger partial charge in [-0.25, -0.2) is 21.9 Å². The van der Waals surface area contributed by atoms with Crippen LogP contribution in [0.3, 0.4) is 0 Å². The molecule has 0 spiro atoms. The first kappa shape index (κ1) is 17.0. The van der Waals surface area contributed by atoms with Crippen molar-refractivity contribution < 1.29 is 22.0 Å². The van der Waals surface area contributed by atoms with Crippen molar-refractivity contribution in [1.29, 1.82) is 0 Å². The summed E-state index contributed by atoms with van der Waals surface area (Å²) in [6.45, 7) is -0.104. The fourth-order valence-electron chi connectivity index (χ4n) is 1.81. The second kappa shape index (κ2) is 7.30. The number of carbonyl (C=O) groups is 1. The molecule has 2 rings (SSSR count). The van der Waals surface area contributed by atoms with Crippen LogP contribution in [-0.4, -0.2) is 27.4 Å². The molecule has 23 heavy (non-hydrogen) atoms. The number of sulfonamides is 1. The topological polar surface area (TPSA) is 75.3 Å². The highest BCUT2D eigenvalue weighted by Crippen LogP contribution is 2.09. The van der Waals surface area contributed by atoms with Gasteiger partial charge in [0.1, 0.15) is 11.6 Å². The lowest BCUT2D eigenvalue weighted by Crippen LogP contribution is -2.35. The summed E-state index contributed by atoms with van der Waals surface area (Å²) >= 11 is 0. The third-order valence-electron chi connectivity index (χ3n) is 2.93. The molecule has 1 amide bonds. The molecular weight excluding hydrogens is 326 g/mol. The summed E-state index contributed by atoms with van der Waals surface area (Å²) in [6, 6.07) is 10.3. The van der Waals surface area contributed by atoms with Crippen LogP contribution in [0, 0.1) is 11.6 Å². The third kappa shape index (κ3) is 4.57. The van der Waals surface area contributed by atoms with Crippen molar-refractivity contribution in [3.05, 3.63) is 65.7 Å². The number of nitrogens with one attached hydrogen (secondary N) is 2. The van der Waals surface area contributed by atoms with E-state index in [1.807, 2.05) is 0 Å². The average molecular weight is 340 g/mol. The lowest BCUT2D eigenvalue weighted by molar-refractivity contribution is 0.0950. The van der Waals surface area contributed by atoms with Crippen LogP contribution in [0.15, 0.2) is 53.4 Å². The van der Waals surface area contributed by atoms with Gasteiger partial charge in [0.25, 0.3) is 5.91 Å². The molecule has 0 radical (unpaired) electrons. The Bertz CT molecular complexity index is 796. The lowest BCUT2D eigenvalue weighted by atomic mass is 10.2. The van der Waals surface area contributed by atoms with Crippen molar-refractivity contribution in [3.8, 4) is 0 Å². The fourth-order valence-corrected chi connectivity index (χ4v) is 2.87. The smallest absolute Gasteiger partial charge is 0.254 e. The highest BCUT2D eigenvalue weighted by Gasteiger charge is 2.14. The summed E-state index contributed by atoms with van der Waals surface area (Å²) in [6.07, 6.45) is 0. The van der Waals surface area contributed by atoms with E-state index in [1.54, 1.807) is 18.2 Å². The maximum absolute atomic E-state index is 13.4. The SMILES string of the molecule is O=C(NCCNS(=O)(=O)c1ccccc1)c1ccc(F)cc1F. The molecule has 0 aliphatic carbocycles. The first-order valence-corrected chi connectivity index (χ1v) is 8.16. The van der Waals surface area contributed by atoms with Gasteiger partial charge in [-0.1, -0.05) is 18.2 Å². The van der Waals surface area contributed by atoms with Gasteiger partial charge in [-0.15, -0.1) is 0 Å². The van der Waals surface area contributed by atoms with Gasteiger partial charge in [0, 0.05) is 19.2 Å². The van der Waals surface area contributed by atoms with Crippen LogP contribution in [0.4, 0.5) is 8.78 Å². The van der Waals surface area contributed by atoms with E-state index in [-0.39, 0.29) is 23.5 Å². The molecule has 122 valence electrons. The Morgan fingerprint density at radius 2 is 1.70 bits per heavy atom. The number of carbonyl (C=O) groups excluding carboxylic acids is 1. The number of hydrogen-bond acceptors (Lipinski definition) is 3. The van der Waals surface area contributed by atoms with Crippen molar-refractivity contribution in [2.24, 2.45) is 0 Å². The van der Waals surface area contributed by atoms with Gasteiger partial charge < -0.3 is 5.32 Å². The Kier molecular flexibility index (Phi) is 5.41. The van der Waals surface area contributed by atoms with E-state index < -0.39 is 27.6 Å². The fraction of sp³-hybridized carbons (Fsp3) is 0.133. The first-order chi connectivity index (χ1) is 10.9. The van der Waals surface area contributed by atoms with E-state index in [0.717, 1.165) is 12.1 Å². The number of rotatable bonds is 6. The zero-order valence-electron chi connectivity index (χ0n) is 11.9. The van der Waals surface area contributed by atoms with E-state index in [2.05, 4.69) is 10.0 Å². The second-order valence-corrected chi connectivity index (χ2v) is 6.36. The minimum atomic E-state index is -3.66. The van der Waals surface area contributed by atoms with Crippen LogP contribution in [0.2, 0.25) is 0 Å². The second-order valence-electron chi connectivity index (χ2n) is 4.59. The molecule has 0 aromatic heterocycles. The Balaban J connectivity index is 1.87. The summed E-state index contributed by atoms with van der Waals surface area (Å²) in [5.41, 5.74) is -0.308. The van der Waals surface area contributed by atoms with E-state index in [1.165, 1.54) is 12.1 Å². The molecule has 0 saturated heterocycles. The van der Waals surface area contributed by atoms with Crippen LogP contribution >= 0.6 is 0 Å². The van der Waals surface area contributed by atoms with Crippen molar-refractivity contribution in [1.82, 2.24) is 10.0 Å². The Morgan fingerprint density at radius 1 is 1.00 bits per heavy atom. The molecule has 0 atom stereocenters. The molecule has 8 heteroatoms. The highest BCUT2D eigenvalue weighted by molar-refractivity contribution is 7.89. The number of amides is 1. The van der Waals surface area contributed by atoms with E-state index in [0.29, 0.717) is 6.07 Å². The maximum Gasteiger partial charge on any atom is 0.254 e. The van der Waals surface area contributed by atoms with Gasteiger partial charge in [0.05, 0.1) is 10.5 Å². The van der Waals surface area contributed by atoms with Crippen LogP contribution < -0.4 is 10.0 Å². The average Bonchev–Trinajstić information content (AvgIpc) is 2.52. The molecule has 0 saturated carbocycles. The molecule has 0 aliphatic rings. The van der Waals surface area contributed by atoms with Crippen molar-refractivity contribution in [3.63, 3.8) is 0 Å². The van der Waals surface area contributed by atoms with Crippen LogP contribution in [0.1, 0.15) is 10.4 Å². The molecule has 0 heterocycles.